The van der Waals surface area contributed by atoms with Gasteiger partial charge in [0.1, 0.15) is 5.82 Å². The number of carbonyl (C=O) groups excluding carboxylic acids is 1. The fourth-order valence-electron chi connectivity index (χ4n) is 3.21. The number of benzene rings is 2. The Kier molecular flexibility index (Phi) is 5.19. The van der Waals surface area contributed by atoms with Crippen LogP contribution in [0.4, 0.5) is 33.5 Å². The van der Waals surface area contributed by atoms with Crippen LogP contribution >= 0.6 is 23.4 Å². The van der Waals surface area contributed by atoms with Crippen LogP contribution in [0.1, 0.15) is 0 Å². The first-order valence-corrected chi connectivity index (χ1v) is 10.7. The molecule has 5 rings (SSSR count). The summed E-state index contributed by atoms with van der Waals surface area (Å²) in [4.78, 5) is 25.4. The molecule has 0 unspecified atom stereocenters. The molecule has 31 heavy (non-hydrogen) atoms. The van der Waals surface area contributed by atoms with Gasteiger partial charge in [-0.3, -0.25) is 0 Å². The highest BCUT2D eigenvalue weighted by atomic mass is 35.5. The van der Waals surface area contributed by atoms with Gasteiger partial charge in [0.05, 0.1) is 27.5 Å². The van der Waals surface area contributed by atoms with Crippen LogP contribution in [0.15, 0.2) is 95.0 Å². The summed E-state index contributed by atoms with van der Waals surface area (Å²) in [6.45, 7) is 0. The van der Waals surface area contributed by atoms with E-state index in [4.69, 9.17) is 11.6 Å². The molecule has 4 aromatic rings. The number of anilines is 5. The number of pyridine rings is 2. The molecule has 2 aromatic carbocycles. The molecule has 1 aliphatic heterocycles. The van der Waals surface area contributed by atoms with Crippen LogP contribution in [0.25, 0.3) is 0 Å². The Morgan fingerprint density at radius 3 is 2.48 bits per heavy atom. The number of halogens is 1. The van der Waals surface area contributed by atoms with Crippen LogP contribution in [-0.2, 0) is 0 Å². The molecule has 3 heterocycles. The van der Waals surface area contributed by atoms with Crippen molar-refractivity contribution < 1.29 is 4.79 Å². The van der Waals surface area contributed by atoms with Gasteiger partial charge < -0.3 is 10.6 Å². The van der Waals surface area contributed by atoms with E-state index < -0.39 is 0 Å². The molecule has 2 aromatic heterocycles. The normalized spacial score (nSPS) is 12.0. The van der Waals surface area contributed by atoms with Gasteiger partial charge in [0, 0.05) is 16.8 Å². The number of hydrogen-bond donors (Lipinski definition) is 2. The average Bonchev–Trinajstić information content (AvgIpc) is 2.79. The first-order chi connectivity index (χ1) is 15.2. The first kappa shape index (κ1) is 19.4. The molecule has 0 spiro atoms. The highest BCUT2D eigenvalue weighted by Crippen LogP contribution is 2.47. The topological polar surface area (TPSA) is 70.2 Å². The zero-order chi connectivity index (χ0) is 21.2. The Bertz CT molecular complexity index is 1250. The lowest BCUT2D eigenvalue weighted by Gasteiger charge is -2.29. The molecule has 152 valence electrons. The number of nitrogens with zero attached hydrogens (tertiary/aromatic N) is 3. The van der Waals surface area contributed by atoms with Crippen molar-refractivity contribution in [1.29, 1.82) is 0 Å². The molecule has 1 aliphatic rings. The van der Waals surface area contributed by atoms with Gasteiger partial charge in [-0.1, -0.05) is 53.7 Å². The van der Waals surface area contributed by atoms with E-state index >= 15 is 0 Å². The summed E-state index contributed by atoms with van der Waals surface area (Å²) >= 11 is 7.66. The van der Waals surface area contributed by atoms with Crippen molar-refractivity contribution in [3.8, 4) is 0 Å². The summed E-state index contributed by atoms with van der Waals surface area (Å²) in [5, 5.41) is 6.66. The van der Waals surface area contributed by atoms with Crippen molar-refractivity contribution in [1.82, 2.24) is 9.97 Å². The average molecular weight is 446 g/mol. The summed E-state index contributed by atoms with van der Waals surface area (Å²) in [7, 11) is 0. The van der Waals surface area contributed by atoms with E-state index in [2.05, 4.69) is 20.6 Å². The number of carbonyl (C=O) groups is 1. The molecule has 8 heteroatoms. The van der Waals surface area contributed by atoms with Gasteiger partial charge in [0.25, 0.3) is 0 Å². The number of amides is 2. The summed E-state index contributed by atoms with van der Waals surface area (Å²) in [5.41, 5.74) is 2.29. The van der Waals surface area contributed by atoms with Gasteiger partial charge in [-0.25, -0.2) is 19.7 Å². The number of para-hydroxylation sites is 2. The Morgan fingerprint density at radius 1 is 0.871 bits per heavy atom. The van der Waals surface area contributed by atoms with Crippen LogP contribution in [-0.4, -0.2) is 16.0 Å². The predicted molar refractivity (Wildman–Crippen MR) is 125 cm³/mol. The Balaban J connectivity index is 1.39. The SMILES string of the molecule is O=C(Nc1ccc(Nc2ccccc2)nc1)N1c2ccccc2Sc2cc(Cl)cnc21. The highest BCUT2D eigenvalue weighted by Gasteiger charge is 2.29. The van der Waals surface area contributed by atoms with Gasteiger partial charge in [-0.05, 0) is 42.5 Å². The molecule has 0 saturated carbocycles. The first-order valence-electron chi connectivity index (χ1n) is 9.49. The Labute approximate surface area is 188 Å². The summed E-state index contributed by atoms with van der Waals surface area (Å²) in [6, 6.07) is 22.6. The second-order valence-corrected chi connectivity index (χ2v) is 8.25. The number of hydrogen-bond acceptors (Lipinski definition) is 5. The Morgan fingerprint density at radius 2 is 1.68 bits per heavy atom. The highest BCUT2D eigenvalue weighted by molar-refractivity contribution is 7.99. The van der Waals surface area contributed by atoms with E-state index in [9.17, 15) is 4.79 Å². The maximum atomic E-state index is 13.2. The maximum Gasteiger partial charge on any atom is 0.332 e. The van der Waals surface area contributed by atoms with Crippen molar-refractivity contribution in [2.24, 2.45) is 0 Å². The predicted octanol–water partition coefficient (Wildman–Crippen LogP) is 6.71. The molecule has 2 amide bonds. The molecule has 0 atom stereocenters. The van der Waals surface area contributed by atoms with E-state index in [1.54, 1.807) is 23.4 Å². The largest absolute Gasteiger partial charge is 0.340 e. The van der Waals surface area contributed by atoms with Crippen LogP contribution in [0.3, 0.4) is 0 Å². The smallest absolute Gasteiger partial charge is 0.332 e. The summed E-state index contributed by atoms with van der Waals surface area (Å²) in [5.74, 6) is 1.23. The molecule has 6 nitrogen and oxygen atoms in total. The number of rotatable bonds is 3. The summed E-state index contributed by atoms with van der Waals surface area (Å²) < 4.78 is 0. The van der Waals surface area contributed by atoms with Crippen molar-refractivity contribution in [3.05, 3.63) is 90.2 Å². The third kappa shape index (κ3) is 4.05. The number of fused-ring (bicyclic) bond motifs is 2. The van der Waals surface area contributed by atoms with Crippen molar-refractivity contribution in [2.75, 3.05) is 15.5 Å². The van der Waals surface area contributed by atoms with E-state index in [1.807, 2.05) is 66.7 Å². The molecule has 0 saturated heterocycles. The van der Waals surface area contributed by atoms with Crippen molar-refractivity contribution >= 4 is 58.1 Å². The fraction of sp³-hybridized carbons (Fsp3) is 0. The molecular formula is C23H16ClN5OS. The lowest BCUT2D eigenvalue weighted by atomic mass is 10.2. The van der Waals surface area contributed by atoms with Gasteiger partial charge in [-0.15, -0.1) is 0 Å². The van der Waals surface area contributed by atoms with Crippen LogP contribution in [0.2, 0.25) is 5.02 Å². The molecular weight excluding hydrogens is 430 g/mol. The van der Waals surface area contributed by atoms with E-state index in [0.717, 1.165) is 21.2 Å². The number of aromatic nitrogens is 2. The van der Waals surface area contributed by atoms with Gasteiger partial charge >= 0.3 is 6.03 Å². The number of urea groups is 1. The third-order valence-corrected chi connectivity index (χ3v) is 5.89. The van der Waals surface area contributed by atoms with Crippen LogP contribution in [0, 0.1) is 0 Å². The van der Waals surface area contributed by atoms with Crippen LogP contribution in [0.5, 0.6) is 0 Å². The number of nitrogens with one attached hydrogen (secondary N) is 2. The zero-order valence-electron chi connectivity index (χ0n) is 16.1. The lowest BCUT2D eigenvalue weighted by Crippen LogP contribution is -2.33. The quantitative estimate of drug-likeness (QED) is 0.366. The van der Waals surface area contributed by atoms with E-state index in [1.165, 1.54) is 11.8 Å². The van der Waals surface area contributed by atoms with E-state index in [0.29, 0.717) is 22.3 Å². The van der Waals surface area contributed by atoms with Crippen molar-refractivity contribution in [2.45, 2.75) is 9.79 Å². The molecule has 0 bridgehead atoms. The van der Waals surface area contributed by atoms with E-state index in [-0.39, 0.29) is 6.03 Å². The van der Waals surface area contributed by atoms with Crippen LogP contribution < -0.4 is 15.5 Å². The Hall–Kier alpha value is -3.55. The molecule has 0 radical (unpaired) electrons. The third-order valence-electron chi connectivity index (χ3n) is 4.60. The molecule has 0 fully saturated rings. The summed E-state index contributed by atoms with van der Waals surface area (Å²) in [6.07, 6.45) is 3.16. The van der Waals surface area contributed by atoms with Crippen molar-refractivity contribution in [3.63, 3.8) is 0 Å². The molecule has 0 aliphatic carbocycles. The lowest BCUT2D eigenvalue weighted by molar-refractivity contribution is 0.258. The van der Waals surface area contributed by atoms with Gasteiger partial charge in [0.2, 0.25) is 0 Å². The standard InChI is InChI=1S/C23H16ClN5OS/c24-15-12-20-22(26-13-15)29(18-8-4-5-9-19(18)31-20)23(30)28-17-10-11-21(25-14-17)27-16-6-2-1-3-7-16/h1-14H,(H,25,27)(H,28,30). The maximum absolute atomic E-state index is 13.2. The second-order valence-electron chi connectivity index (χ2n) is 6.73. The monoisotopic (exact) mass is 445 g/mol. The minimum absolute atomic E-state index is 0.325. The second kappa shape index (κ2) is 8.29. The van der Waals surface area contributed by atoms with Gasteiger partial charge in [-0.2, -0.15) is 0 Å². The zero-order valence-corrected chi connectivity index (χ0v) is 17.7. The molecule has 2 N–H and O–H groups in total. The fourth-order valence-corrected chi connectivity index (χ4v) is 4.50. The minimum Gasteiger partial charge on any atom is -0.340 e. The minimum atomic E-state index is -0.325. The van der Waals surface area contributed by atoms with Gasteiger partial charge in [0.15, 0.2) is 5.82 Å².